The summed E-state index contributed by atoms with van der Waals surface area (Å²) in [6, 6.07) is 15.0. The van der Waals surface area contributed by atoms with Gasteiger partial charge in [-0.1, -0.05) is 24.1 Å². The lowest BCUT2D eigenvalue weighted by Gasteiger charge is -2.14. The van der Waals surface area contributed by atoms with Gasteiger partial charge in [-0.05, 0) is 60.7 Å². The average molecular weight is 305 g/mol. The van der Waals surface area contributed by atoms with E-state index in [4.69, 9.17) is 4.74 Å². The minimum Gasteiger partial charge on any atom is -0.465 e. The first-order chi connectivity index (χ1) is 11.2. The molecule has 0 radical (unpaired) electrons. The molecule has 23 heavy (non-hydrogen) atoms. The van der Waals surface area contributed by atoms with Crippen LogP contribution in [0.25, 0.3) is 11.1 Å². The first-order valence-corrected chi connectivity index (χ1v) is 7.67. The topological polar surface area (TPSA) is 29.5 Å². The second-order valence-corrected chi connectivity index (χ2v) is 5.57. The quantitative estimate of drug-likeness (QED) is 0.624. The van der Waals surface area contributed by atoms with Gasteiger partial charge in [0, 0.05) is 12.6 Å². The molecule has 3 heteroatoms. The van der Waals surface area contributed by atoms with Crippen LogP contribution in [-0.4, -0.2) is 19.6 Å². The van der Waals surface area contributed by atoms with Gasteiger partial charge in [-0.2, -0.15) is 0 Å². The Bertz CT molecular complexity index is 810. The van der Waals surface area contributed by atoms with E-state index in [0.29, 0.717) is 5.56 Å². The molecule has 0 spiro atoms. The molecule has 0 atom stereocenters. The summed E-state index contributed by atoms with van der Waals surface area (Å²) in [5.41, 5.74) is 6.74. The normalized spacial score (nSPS) is 12.4. The van der Waals surface area contributed by atoms with Crippen molar-refractivity contribution in [3.63, 3.8) is 0 Å². The number of fused-ring (bicyclic) bond motifs is 1. The number of carbonyl (C=O) groups excluding carboxylic acids is 1. The standard InChI is InChI=1S/C20H19NO2/c1-4-12-21-13-11-18-14(2)17(9-10-19(18)21)15-5-7-16(8-6-15)20(22)23-3/h5-10H,11,13H2,1-3H3. The highest BCUT2D eigenvalue weighted by Gasteiger charge is 2.21. The first kappa shape index (κ1) is 15.2. The Labute approximate surface area is 136 Å². The van der Waals surface area contributed by atoms with Gasteiger partial charge in [-0.25, -0.2) is 4.79 Å². The Morgan fingerprint density at radius 2 is 1.91 bits per heavy atom. The minimum absolute atomic E-state index is 0.309. The summed E-state index contributed by atoms with van der Waals surface area (Å²) in [6.07, 6.45) is 1.02. The van der Waals surface area contributed by atoms with Gasteiger partial charge < -0.3 is 9.64 Å². The highest BCUT2D eigenvalue weighted by molar-refractivity contribution is 5.90. The summed E-state index contributed by atoms with van der Waals surface area (Å²) >= 11 is 0. The van der Waals surface area contributed by atoms with Crippen LogP contribution in [0.4, 0.5) is 5.69 Å². The molecule has 3 rings (SSSR count). The summed E-state index contributed by atoms with van der Waals surface area (Å²) < 4.78 is 4.74. The maximum atomic E-state index is 11.5. The van der Waals surface area contributed by atoms with E-state index in [2.05, 4.69) is 35.9 Å². The van der Waals surface area contributed by atoms with E-state index < -0.39 is 0 Å². The number of esters is 1. The Morgan fingerprint density at radius 1 is 1.17 bits per heavy atom. The number of anilines is 1. The van der Waals surface area contributed by atoms with E-state index in [-0.39, 0.29) is 5.97 Å². The third kappa shape index (κ3) is 2.68. The molecule has 116 valence electrons. The highest BCUT2D eigenvalue weighted by Crippen LogP contribution is 2.36. The Hall–Kier alpha value is -2.73. The van der Waals surface area contributed by atoms with Crippen molar-refractivity contribution in [2.45, 2.75) is 20.3 Å². The third-order valence-corrected chi connectivity index (χ3v) is 4.31. The van der Waals surface area contributed by atoms with E-state index in [9.17, 15) is 4.79 Å². The maximum Gasteiger partial charge on any atom is 0.337 e. The molecule has 0 N–H and O–H groups in total. The van der Waals surface area contributed by atoms with E-state index in [0.717, 1.165) is 18.5 Å². The lowest BCUT2D eigenvalue weighted by molar-refractivity contribution is 0.0601. The molecule has 2 aromatic rings. The molecule has 2 aromatic carbocycles. The lowest BCUT2D eigenvalue weighted by Crippen LogP contribution is -2.12. The van der Waals surface area contributed by atoms with Gasteiger partial charge in [-0.15, -0.1) is 0 Å². The predicted octanol–water partition coefficient (Wildman–Crippen LogP) is 3.79. The van der Waals surface area contributed by atoms with Gasteiger partial charge in [0.15, 0.2) is 0 Å². The summed E-state index contributed by atoms with van der Waals surface area (Å²) in [7, 11) is 1.39. The number of methoxy groups -OCH3 is 1. The number of carbonyl (C=O) groups is 1. The predicted molar refractivity (Wildman–Crippen MR) is 92.5 cm³/mol. The Kier molecular flexibility index (Phi) is 4.08. The molecular formula is C20H19NO2. The molecule has 1 aliphatic heterocycles. The highest BCUT2D eigenvalue weighted by atomic mass is 16.5. The fourth-order valence-corrected chi connectivity index (χ4v) is 3.12. The molecule has 0 bridgehead atoms. The second-order valence-electron chi connectivity index (χ2n) is 5.57. The molecule has 0 aromatic heterocycles. The Balaban J connectivity index is 1.98. The molecule has 0 fully saturated rings. The molecule has 1 heterocycles. The van der Waals surface area contributed by atoms with Crippen molar-refractivity contribution in [1.29, 1.82) is 0 Å². The van der Waals surface area contributed by atoms with E-state index in [1.165, 1.54) is 29.5 Å². The maximum absolute atomic E-state index is 11.5. The summed E-state index contributed by atoms with van der Waals surface area (Å²) in [5.74, 6) is 2.66. The van der Waals surface area contributed by atoms with Crippen molar-refractivity contribution in [3.05, 3.63) is 53.1 Å². The Morgan fingerprint density at radius 3 is 2.57 bits per heavy atom. The van der Waals surface area contributed by atoms with E-state index in [1.807, 2.05) is 31.2 Å². The van der Waals surface area contributed by atoms with Crippen molar-refractivity contribution in [2.24, 2.45) is 0 Å². The fourth-order valence-electron chi connectivity index (χ4n) is 3.12. The van der Waals surface area contributed by atoms with Gasteiger partial charge >= 0.3 is 5.97 Å². The lowest BCUT2D eigenvalue weighted by atomic mass is 9.94. The summed E-state index contributed by atoms with van der Waals surface area (Å²) in [4.78, 5) is 13.7. The van der Waals surface area contributed by atoms with Crippen molar-refractivity contribution >= 4 is 11.7 Å². The fraction of sp³-hybridized carbons (Fsp3) is 0.250. The van der Waals surface area contributed by atoms with Crippen LogP contribution in [0.5, 0.6) is 0 Å². The third-order valence-electron chi connectivity index (χ3n) is 4.31. The number of benzene rings is 2. The molecule has 0 saturated heterocycles. The monoisotopic (exact) mass is 305 g/mol. The number of ether oxygens (including phenoxy) is 1. The summed E-state index contributed by atoms with van der Waals surface area (Å²) in [5, 5.41) is 0. The number of rotatable bonds is 2. The molecule has 1 aliphatic rings. The van der Waals surface area contributed by atoms with Crippen LogP contribution in [0, 0.1) is 18.9 Å². The van der Waals surface area contributed by atoms with Crippen LogP contribution in [0.2, 0.25) is 0 Å². The van der Waals surface area contributed by atoms with Crippen LogP contribution in [0.1, 0.15) is 28.4 Å². The van der Waals surface area contributed by atoms with Gasteiger partial charge in [-0.3, -0.25) is 0 Å². The van der Waals surface area contributed by atoms with Crippen LogP contribution >= 0.6 is 0 Å². The first-order valence-electron chi connectivity index (χ1n) is 7.67. The van der Waals surface area contributed by atoms with Gasteiger partial charge in [0.1, 0.15) is 0 Å². The number of hydrogen-bond acceptors (Lipinski definition) is 3. The van der Waals surface area contributed by atoms with Gasteiger partial charge in [0.2, 0.25) is 0 Å². The van der Waals surface area contributed by atoms with Crippen molar-refractivity contribution in [1.82, 2.24) is 0 Å². The van der Waals surface area contributed by atoms with Crippen molar-refractivity contribution < 1.29 is 9.53 Å². The largest absolute Gasteiger partial charge is 0.465 e. The SMILES string of the molecule is CC#CN1CCc2c1ccc(-c1ccc(C(=O)OC)cc1)c2C. The van der Waals surface area contributed by atoms with Crippen LogP contribution < -0.4 is 4.90 Å². The number of nitrogens with zero attached hydrogens (tertiary/aromatic N) is 1. The van der Waals surface area contributed by atoms with Crippen LogP contribution in [0.3, 0.4) is 0 Å². The molecule has 3 nitrogen and oxygen atoms in total. The summed E-state index contributed by atoms with van der Waals surface area (Å²) in [6.45, 7) is 4.97. The van der Waals surface area contributed by atoms with E-state index in [1.54, 1.807) is 0 Å². The van der Waals surface area contributed by atoms with Crippen LogP contribution in [-0.2, 0) is 11.2 Å². The molecule has 0 aliphatic carbocycles. The smallest absolute Gasteiger partial charge is 0.337 e. The zero-order chi connectivity index (χ0) is 16.4. The number of hydrogen-bond donors (Lipinski definition) is 0. The molecule has 0 saturated carbocycles. The zero-order valence-electron chi connectivity index (χ0n) is 13.6. The second kappa shape index (κ2) is 6.18. The van der Waals surface area contributed by atoms with Crippen molar-refractivity contribution in [3.8, 4) is 23.1 Å². The van der Waals surface area contributed by atoms with E-state index >= 15 is 0 Å². The molecule has 0 amide bonds. The molecular weight excluding hydrogens is 286 g/mol. The van der Waals surface area contributed by atoms with Crippen molar-refractivity contribution in [2.75, 3.05) is 18.6 Å². The minimum atomic E-state index is -0.309. The van der Waals surface area contributed by atoms with Gasteiger partial charge in [0.25, 0.3) is 0 Å². The van der Waals surface area contributed by atoms with Crippen LogP contribution in [0.15, 0.2) is 36.4 Å². The van der Waals surface area contributed by atoms with Gasteiger partial charge in [0.05, 0.1) is 18.4 Å². The zero-order valence-corrected chi connectivity index (χ0v) is 13.6. The average Bonchev–Trinajstić information content (AvgIpc) is 2.99. The molecule has 0 unspecified atom stereocenters.